The monoisotopic (exact) mass is 884 g/mol. The van der Waals surface area contributed by atoms with E-state index in [1.54, 1.807) is 18.6 Å². The van der Waals surface area contributed by atoms with Crippen LogP contribution in [0.3, 0.4) is 0 Å². The zero-order chi connectivity index (χ0) is 46.0. The average Bonchev–Trinajstić information content (AvgIpc) is 4.02. The molecular weight excluding hydrogens is 829 g/mol. The van der Waals surface area contributed by atoms with Crippen LogP contribution in [-0.2, 0) is 48.0 Å². The van der Waals surface area contributed by atoms with Crippen LogP contribution in [0.1, 0.15) is 49.8 Å². The second kappa shape index (κ2) is 20.7. The second-order valence-electron chi connectivity index (χ2n) is 16.9. The number of nitrogens with two attached hydrogens (primary N) is 2. The summed E-state index contributed by atoms with van der Waals surface area (Å²) in [5.41, 5.74) is 15.8. The van der Waals surface area contributed by atoms with Gasteiger partial charge in [0.05, 0.1) is 6.54 Å². The van der Waals surface area contributed by atoms with Crippen LogP contribution < -0.4 is 43.4 Å². The number of guanidine groups is 1. The summed E-state index contributed by atoms with van der Waals surface area (Å²) in [6.45, 7) is 3.38. The van der Waals surface area contributed by atoms with Crippen molar-refractivity contribution >= 4 is 74.1 Å². The van der Waals surface area contributed by atoms with Gasteiger partial charge >= 0.3 is 0 Å². The molecule has 1 saturated heterocycles. The zero-order valence-electron chi connectivity index (χ0n) is 36.3. The Bertz CT molecular complexity index is 2710. The van der Waals surface area contributed by atoms with E-state index in [-0.39, 0.29) is 56.9 Å². The third kappa shape index (κ3) is 11.5. The van der Waals surface area contributed by atoms with E-state index >= 15 is 0 Å². The minimum atomic E-state index is -1.23. The summed E-state index contributed by atoms with van der Waals surface area (Å²) in [5, 5.41) is 19.4. The molecule has 13 N–H and O–H groups in total. The molecule has 18 heteroatoms. The number of H-pyrrole nitrogens is 3. The smallest absolute Gasteiger partial charge is 0.243 e. The molecule has 65 heavy (non-hydrogen) atoms. The van der Waals surface area contributed by atoms with Gasteiger partial charge in [-0.25, -0.2) is 0 Å². The van der Waals surface area contributed by atoms with Crippen LogP contribution in [-0.4, -0.2) is 99.7 Å². The molecule has 3 aromatic carbocycles. The summed E-state index contributed by atoms with van der Waals surface area (Å²) < 4.78 is 0. The van der Waals surface area contributed by atoms with Crippen molar-refractivity contribution in [3.8, 4) is 0 Å². The lowest BCUT2D eigenvalue weighted by Crippen LogP contribution is -2.61. The minimum absolute atomic E-state index is 0.0211. The lowest BCUT2D eigenvalue weighted by molar-refractivity contribution is -0.136. The SMILES string of the molecule is CC(C)CC1NC(=O)C(Cc2c[nH]c3ccccc23)NC(=O)C(Cc2c[nH]c3ccccc23)NC(=O)CNC(=O)C(Cc2c[nH]c3ccccc23)NC(=O)C(CCCN=C(N)N)NC1=O. The Morgan fingerprint density at radius 1 is 0.554 bits per heavy atom. The Morgan fingerprint density at radius 3 is 1.43 bits per heavy atom. The van der Waals surface area contributed by atoms with E-state index in [2.05, 4.69) is 51.8 Å². The van der Waals surface area contributed by atoms with Crippen LogP contribution in [0, 0.1) is 5.92 Å². The highest BCUT2D eigenvalue weighted by atomic mass is 16.2. The number of fused-ring (bicyclic) bond motifs is 3. The van der Waals surface area contributed by atoms with Crippen LogP contribution in [0.25, 0.3) is 32.7 Å². The van der Waals surface area contributed by atoms with Crippen molar-refractivity contribution in [2.75, 3.05) is 13.1 Å². The Labute approximate surface area is 374 Å². The normalized spacial score (nSPS) is 20.6. The van der Waals surface area contributed by atoms with Crippen LogP contribution in [0.15, 0.2) is 96.4 Å². The van der Waals surface area contributed by atoms with Gasteiger partial charge in [0.1, 0.15) is 30.2 Å². The highest BCUT2D eigenvalue weighted by Crippen LogP contribution is 2.23. The first kappa shape index (κ1) is 45.4. The topological polar surface area (TPSA) is 286 Å². The summed E-state index contributed by atoms with van der Waals surface area (Å²) in [7, 11) is 0. The fourth-order valence-electron chi connectivity index (χ4n) is 8.29. The van der Waals surface area contributed by atoms with E-state index in [0.29, 0.717) is 0 Å². The number of aromatic nitrogens is 3. The molecule has 1 aliphatic heterocycles. The zero-order valence-corrected chi connectivity index (χ0v) is 36.3. The molecule has 0 spiro atoms. The van der Waals surface area contributed by atoms with Gasteiger partial charge in [-0.3, -0.25) is 33.8 Å². The van der Waals surface area contributed by atoms with E-state index in [4.69, 9.17) is 11.5 Å². The number of nitrogens with one attached hydrogen (secondary N) is 9. The molecule has 1 fully saturated rings. The maximum absolute atomic E-state index is 14.6. The number of hydrogen-bond donors (Lipinski definition) is 11. The molecule has 6 amide bonds. The Hall–Kier alpha value is -7.63. The molecule has 0 saturated carbocycles. The van der Waals surface area contributed by atoms with Crippen LogP contribution in [0.4, 0.5) is 0 Å². The molecule has 0 radical (unpaired) electrons. The molecule has 0 bridgehead atoms. The van der Waals surface area contributed by atoms with Crippen molar-refractivity contribution in [3.63, 3.8) is 0 Å². The number of amides is 6. The number of aliphatic imine (C=N–C) groups is 1. The van der Waals surface area contributed by atoms with Crippen LogP contribution in [0.2, 0.25) is 0 Å². The fraction of sp³-hybridized carbons (Fsp3) is 0.340. The summed E-state index contributed by atoms with van der Waals surface area (Å²) >= 11 is 0. The summed E-state index contributed by atoms with van der Waals surface area (Å²) in [5.74, 6) is -4.22. The van der Waals surface area contributed by atoms with Gasteiger partial charge in [-0.1, -0.05) is 68.4 Å². The van der Waals surface area contributed by atoms with E-state index in [9.17, 15) is 28.8 Å². The highest BCUT2D eigenvalue weighted by Gasteiger charge is 2.34. The summed E-state index contributed by atoms with van der Waals surface area (Å²) in [4.78, 5) is 99.5. The van der Waals surface area contributed by atoms with Crippen LogP contribution in [0.5, 0.6) is 0 Å². The molecule has 7 rings (SSSR count). The first-order chi connectivity index (χ1) is 31.3. The Morgan fingerprint density at radius 2 is 0.954 bits per heavy atom. The number of hydrogen-bond acceptors (Lipinski definition) is 7. The van der Waals surface area contributed by atoms with E-state index in [1.807, 2.05) is 86.6 Å². The first-order valence-corrected chi connectivity index (χ1v) is 21.8. The molecule has 5 atom stereocenters. The average molecular weight is 885 g/mol. The van der Waals surface area contributed by atoms with Crippen molar-refractivity contribution in [2.45, 2.75) is 82.6 Å². The molecule has 1 aliphatic rings. The van der Waals surface area contributed by atoms with Crippen molar-refractivity contribution in [1.29, 1.82) is 0 Å². The first-order valence-electron chi connectivity index (χ1n) is 21.8. The Balaban J connectivity index is 1.25. The Kier molecular flexibility index (Phi) is 14.5. The molecule has 0 aliphatic carbocycles. The summed E-state index contributed by atoms with van der Waals surface area (Å²) in [6, 6.07) is 16.5. The van der Waals surface area contributed by atoms with Gasteiger partial charge in [0, 0.05) is 77.1 Å². The van der Waals surface area contributed by atoms with Gasteiger partial charge in [0.15, 0.2) is 5.96 Å². The third-order valence-electron chi connectivity index (χ3n) is 11.6. The highest BCUT2D eigenvalue weighted by molar-refractivity contribution is 5.99. The standard InChI is InChI=1S/C47H56N12O6/c1-26(2)18-37-44(63)56-36(16-9-17-50-47(48)49)43(62)58-38(19-27-22-51-33-13-6-3-10-30(27)33)42(61)54-25-41(60)55-39(20-28-23-52-34-14-7-4-11-31(28)34)45(64)59-40(46(65)57-37)21-29-24-53-35-15-8-5-12-32(29)35/h3-8,10-15,22-24,26,36-40,51-53H,9,16-21,25H2,1-2H3,(H,54,61)(H,55,60)(H,56,63)(H,57,65)(H,58,62)(H,59,64)(H4,48,49,50). The quantitative estimate of drug-likeness (QED) is 0.0489. The fourth-order valence-corrected chi connectivity index (χ4v) is 8.29. The van der Waals surface area contributed by atoms with Crippen molar-refractivity contribution in [1.82, 2.24) is 46.9 Å². The lowest BCUT2D eigenvalue weighted by Gasteiger charge is -2.28. The lowest BCUT2D eigenvalue weighted by atomic mass is 9.99. The van der Waals surface area contributed by atoms with Crippen molar-refractivity contribution in [3.05, 3.63) is 108 Å². The van der Waals surface area contributed by atoms with Gasteiger partial charge in [0.2, 0.25) is 35.4 Å². The number of benzene rings is 3. The molecule has 6 aromatic rings. The van der Waals surface area contributed by atoms with E-state index < -0.39 is 72.2 Å². The largest absolute Gasteiger partial charge is 0.370 e. The molecule has 18 nitrogen and oxygen atoms in total. The molecular formula is C47H56N12O6. The number of para-hydroxylation sites is 3. The molecule has 5 unspecified atom stereocenters. The molecule has 3 aromatic heterocycles. The van der Waals surface area contributed by atoms with Gasteiger partial charge in [0.25, 0.3) is 0 Å². The maximum Gasteiger partial charge on any atom is 0.243 e. The van der Waals surface area contributed by atoms with E-state index in [0.717, 1.165) is 49.4 Å². The summed E-state index contributed by atoms with van der Waals surface area (Å²) in [6.07, 6.45) is 5.86. The number of carbonyl (C=O) groups is 6. The molecule has 340 valence electrons. The predicted octanol–water partition coefficient (Wildman–Crippen LogP) is 1.81. The number of aromatic amines is 3. The van der Waals surface area contributed by atoms with Crippen LogP contribution >= 0.6 is 0 Å². The number of rotatable bonds is 12. The van der Waals surface area contributed by atoms with Crippen molar-refractivity contribution in [2.24, 2.45) is 22.4 Å². The van der Waals surface area contributed by atoms with Gasteiger partial charge in [-0.2, -0.15) is 0 Å². The van der Waals surface area contributed by atoms with E-state index in [1.165, 1.54) is 0 Å². The second-order valence-corrected chi connectivity index (χ2v) is 16.9. The van der Waals surface area contributed by atoms with Gasteiger partial charge in [-0.05, 0) is 60.1 Å². The van der Waals surface area contributed by atoms with Gasteiger partial charge in [-0.15, -0.1) is 0 Å². The van der Waals surface area contributed by atoms with Gasteiger partial charge < -0.3 is 58.3 Å². The number of carbonyl (C=O) groups excluding carboxylic acids is 6. The molecule has 4 heterocycles. The van der Waals surface area contributed by atoms with Crippen molar-refractivity contribution < 1.29 is 28.8 Å². The third-order valence-corrected chi connectivity index (χ3v) is 11.6. The number of nitrogens with zero attached hydrogens (tertiary/aromatic N) is 1. The predicted molar refractivity (Wildman–Crippen MR) is 248 cm³/mol. The maximum atomic E-state index is 14.6. The minimum Gasteiger partial charge on any atom is -0.370 e.